The van der Waals surface area contributed by atoms with Gasteiger partial charge in [-0.1, -0.05) is 32.1 Å². The van der Waals surface area contributed by atoms with Crippen LogP contribution in [-0.2, 0) is 9.59 Å². The van der Waals surface area contributed by atoms with Gasteiger partial charge in [0.15, 0.2) is 0 Å². The van der Waals surface area contributed by atoms with Crippen LogP contribution < -0.4 is 5.32 Å². The van der Waals surface area contributed by atoms with E-state index in [-0.39, 0.29) is 18.4 Å². The molecule has 2 aliphatic rings. The molecule has 1 heterocycles. The third-order valence-electron chi connectivity index (χ3n) is 4.59. The maximum absolute atomic E-state index is 11.9. The summed E-state index contributed by atoms with van der Waals surface area (Å²) in [5, 5.41) is 2.96. The van der Waals surface area contributed by atoms with E-state index in [0.29, 0.717) is 6.42 Å². The standard InChI is InChI=1S/C16H28N2O2/c19-15(13-18-12-5-1-2-10-16(18)20)17-11-6-9-14-7-3-4-8-14/h14H,1-13H2,(H,17,19). The van der Waals surface area contributed by atoms with Gasteiger partial charge in [0.25, 0.3) is 0 Å². The van der Waals surface area contributed by atoms with Gasteiger partial charge < -0.3 is 10.2 Å². The Morgan fingerprint density at radius 2 is 1.95 bits per heavy atom. The molecule has 0 aromatic rings. The van der Waals surface area contributed by atoms with Crippen molar-refractivity contribution in [1.29, 1.82) is 0 Å². The summed E-state index contributed by atoms with van der Waals surface area (Å²) in [6, 6.07) is 0. The number of rotatable bonds is 6. The molecule has 0 aromatic carbocycles. The lowest BCUT2D eigenvalue weighted by atomic mass is 10.0. The van der Waals surface area contributed by atoms with Gasteiger partial charge >= 0.3 is 0 Å². The van der Waals surface area contributed by atoms with E-state index in [9.17, 15) is 9.59 Å². The van der Waals surface area contributed by atoms with Crippen LogP contribution in [0.3, 0.4) is 0 Å². The highest BCUT2D eigenvalue weighted by atomic mass is 16.2. The van der Waals surface area contributed by atoms with E-state index in [0.717, 1.165) is 44.7 Å². The van der Waals surface area contributed by atoms with Crippen LogP contribution in [0.15, 0.2) is 0 Å². The average molecular weight is 280 g/mol. The summed E-state index contributed by atoms with van der Waals surface area (Å²) in [5.41, 5.74) is 0. The van der Waals surface area contributed by atoms with Gasteiger partial charge in [-0.05, 0) is 31.6 Å². The zero-order valence-corrected chi connectivity index (χ0v) is 12.5. The largest absolute Gasteiger partial charge is 0.355 e. The second-order valence-corrected chi connectivity index (χ2v) is 6.27. The smallest absolute Gasteiger partial charge is 0.239 e. The van der Waals surface area contributed by atoms with E-state index in [1.807, 2.05) is 0 Å². The van der Waals surface area contributed by atoms with E-state index in [2.05, 4.69) is 5.32 Å². The number of hydrogen-bond acceptors (Lipinski definition) is 2. The van der Waals surface area contributed by atoms with Gasteiger partial charge in [-0.15, -0.1) is 0 Å². The molecule has 0 unspecified atom stereocenters. The lowest BCUT2D eigenvalue weighted by Crippen LogP contribution is -2.40. The molecule has 4 heteroatoms. The van der Waals surface area contributed by atoms with Crippen molar-refractivity contribution in [2.45, 2.75) is 64.2 Å². The van der Waals surface area contributed by atoms with E-state index >= 15 is 0 Å². The molecule has 20 heavy (non-hydrogen) atoms. The molecule has 1 aliphatic carbocycles. The maximum atomic E-state index is 11.9. The van der Waals surface area contributed by atoms with Crippen molar-refractivity contribution in [3.63, 3.8) is 0 Å². The molecule has 2 fully saturated rings. The lowest BCUT2D eigenvalue weighted by Gasteiger charge is -2.19. The molecule has 0 aromatic heterocycles. The van der Waals surface area contributed by atoms with Gasteiger partial charge in [0.1, 0.15) is 0 Å². The quantitative estimate of drug-likeness (QED) is 0.760. The van der Waals surface area contributed by atoms with Crippen molar-refractivity contribution in [1.82, 2.24) is 10.2 Å². The van der Waals surface area contributed by atoms with Crippen LogP contribution >= 0.6 is 0 Å². The van der Waals surface area contributed by atoms with E-state index in [1.54, 1.807) is 4.90 Å². The normalized spacial score (nSPS) is 21.0. The zero-order chi connectivity index (χ0) is 14.2. The number of amides is 2. The summed E-state index contributed by atoms with van der Waals surface area (Å²) in [4.78, 5) is 25.4. The fraction of sp³-hybridized carbons (Fsp3) is 0.875. The summed E-state index contributed by atoms with van der Waals surface area (Å²) in [6.45, 7) is 1.76. The van der Waals surface area contributed by atoms with Gasteiger partial charge in [-0.25, -0.2) is 0 Å². The molecule has 114 valence electrons. The number of nitrogens with zero attached hydrogens (tertiary/aromatic N) is 1. The van der Waals surface area contributed by atoms with Crippen molar-refractivity contribution >= 4 is 11.8 Å². The molecule has 0 atom stereocenters. The first kappa shape index (κ1) is 15.3. The van der Waals surface area contributed by atoms with Crippen LogP contribution in [0.1, 0.15) is 64.2 Å². The Kier molecular flexibility index (Phi) is 6.34. The summed E-state index contributed by atoms with van der Waals surface area (Å²) in [5.74, 6) is 1.04. The van der Waals surface area contributed by atoms with Crippen LogP contribution in [0.5, 0.6) is 0 Å². The minimum absolute atomic E-state index is 0.00618. The van der Waals surface area contributed by atoms with Crippen molar-refractivity contribution in [2.24, 2.45) is 5.92 Å². The number of carbonyl (C=O) groups is 2. The second-order valence-electron chi connectivity index (χ2n) is 6.27. The van der Waals surface area contributed by atoms with Crippen molar-refractivity contribution in [2.75, 3.05) is 19.6 Å². The minimum Gasteiger partial charge on any atom is -0.355 e. The average Bonchev–Trinajstić information content (AvgIpc) is 2.87. The number of hydrogen-bond donors (Lipinski definition) is 1. The predicted octanol–water partition coefficient (Wildman–Crippen LogP) is 2.48. The molecule has 0 bridgehead atoms. The zero-order valence-electron chi connectivity index (χ0n) is 12.5. The maximum Gasteiger partial charge on any atom is 0.239 e. The third-order valence-corrected chi connectivity index (χ3v) is 4.59. The first-order chi connectivity index (χ1) is 9.75. The van der Waals surface area contributed by atoms with Crippen LogP contribution in [0.25, 0.3) is 0 Å². The summed E-state index contributed by atoms with van der Waals surface area (Å²) in [7, 11) is 0. The van der Waals surface area contributed by atoms with Crippen LogP contribution in [0, 0.1) is 5.92 Å². The molecule has 1 saturated carbocycles. The Labute approximate surface area is 122 Å². The molecule has 2 amide bonds. The van der Waals surface area contributed by atoms with Gasteiger partial charge in [-0.2, -0.15) is 0 Å². The van der Waals surface area contributed by atoms with Crippen LogP contribution in [0.2, 0.25) is 0 Å². The van der Waals surface area contributed by atoms with Gasteiger partial charge in [-0.3, -0.25) is 9.59 Å². The fourth-order valence-corrected chi connectivity index (χ4v) is 3.35. The fourth-order valence-electron chi connectivity index (χ4n) is 3.35. The van der Waals surface area contributed by atoms with E-state index < -0.39 is 0 Å². The molecular weight excluding hydrogens is 252 g/mol. The highest BCUT2D eigenvalue weighted by Gasteiger charge is 2.19. The summed E-state index contributed by atoms with van der Waals surface area (Å²) in [6.07, 6.45) is 11.5. The highest BCUT2D eigenvalue weighted by molar-refractivity contribution is 5.84. The first-order valence-corrected chi connectivity index (χ1v) is 8.30. The number of nitrogens with one attached hydrogen (secondary N) is 1. The van der Waals surface area contributed by atoms with Gasteiger partial charge in [0, 0.05) is 19.5 Å². The molecule has 2 rings (SSSR count). The molecule has 4 nitrogen and oxygen atoms in total. The monoisotopic (exact) mass is 280 g/mol. The van der Waals surface area contributed by atoms with Crippen molar-refractivity contribution < 1.29 is 9.59 Å². The molecule has 0 spiro atoms. The second kappa shape index (κ2) is 8.28. The third kappa shape index (κ3) is 5.14. The molecule has 0 radical (unpaired) electrons. The molecular formula is C16H28N2O2. The van der Waals surface area contributed by atoms with Crippen LogP contribution in [-0.4, -0.2) is 36.3 Å². The molecule has 1 saturated heterocycles. The predicted molar refractivity (Wildman–Crippen MR) is 79.2 cm³/mol. The van der Waals surface area contributed by atoms with Gasteiger partial charge in [0.2, 0.25) is 11.8 Å². The summed E-state index contributed by atoms with van der Waals surface area (Å²) >= 11 is 0. The Morgan fingerprint density at radius 3 is 2.75 bits per heavy atom. The minimum atomic E-state index is 0.00618. The lowest BCUT2D eigenvalue weighted by molar-refractivity contribution is -0.135. The van der Waals surface area contributed by atoms with Crippen LogP contribution in [0.4, 0.5) is 0 Å². The number of likely N-dealkylation sites (tertiary alicyclic amines) is 1. The van der Waals surface area contributed by atoms with Gasteiger partial charge in [0.05, 0.1) is 6.54 Å². The Bertz CT molecular complexity index is 324. The Morgan fingerprint density at radius 1 is 1.15 bits per heavy atom. The topological polar surface area (TPSA) is 49.4 Å². The van der Waals surface area contributed by atoms with E-state index in [1.165, 1.54) is 32.1 Å². The number of carbonyl (C=O) groups excluding carboxylic acids is 2. The SMILES string of the molecule is O=C(CN1CCCCCC1=O)NCCCC1CCCC1. The first-order valence-electron chi connectivity index (χ1n) is 8.30. The summed E-state index contributed by atoms with van der Waals surface area (Å²) < 4.78 is 0. The van der Waals surface area contributed by atoms with E-state index in [4.69, 9.17) is 0 Å². The molecule has 1 N–H and O–H groups in total. The van der Waals surface area contributed by atoms with Crippen molar-refractivity contribution in [3.8, 4) is 0 Å². The van der Waals surface area contributed by atoms with Crippen molar-refractivity contribution in [3.05, 3.63) is 0 Å². The Balaban J connectivity index is 1.58. The molecule has 1 aliphatic heterocycles. The Hall–Kier alpha value is -1.06. The highest BCUT2D eigenvalue weighted by Crippen LogP contribution is 2.28.